The minimum atomic E-state index is -1.07. The molecule has 0 aliphatic carbocycles. The van der Waals surface area contributed by atoms with Crippen LogP contribution in [0.3, 0.4) is 0 Å². The van der Waals surface area contributed by atoms with Crippen LogP contribution in [-0.4, -0.2) is 21.8 Å². The van der Waals surface area contributed by atoms with Crippen molar-refractivity contribution in [2.45, 2.75) is 16.7 Å². The van der Waals surface area contributed by atoms with Gasteiger partial charge in [-0.15, -0.1) is 0 Å². The van der Waals surface area contributed by atoms with Gasteiger partial charge in [-0.2, -0.15) is 0 Å². The number of aromatic nitrogens is 1. The number of carbonyl (C=O) groups is 2. The smallest absolute Gasteiger partial charge is 0.337 e. The van der Waals surface area contributed by atoms with E-state index in [1.807, 2.05) is 0 Å². The number of hydrogen-bond acceptors (Lipinski definition) is 4. The third-order valence-corrected chi connectivity index (χ3v) is 3.80. The average molecular weight is 308 g/mol. The summed E-state index contributed by atoms with van der Waals surface area (Å²) in [6.45, 7) is 1.45. The van der Waals surface area contributed by atoms with Gasteiger partial charge in [0.25, 0.3) is 0 Å². The van der Waals surface area contributed by atoms with Gasteiger partial charge in [0.15, 0.2) is 5.78 Å². The highest BCUT2D eigenvalue weighted by atomic mass is 35.5. The number of aromatic carboxylic acids is 1. The van der Waals surface area contributed by atoms with Gasteiger partial charge in [-0.1, -0.05) is 23.4 Å². The first-order valence-electron chi connectivity index (χ1n) is 5.65. The van der Waals surface area contributed by atoms with E-state index >= 15 is 0 Å². The third kappa shape index (κ3) is 3.37. The summed E-state index contributed by atoms with van der Waals surface area (Å²) in [4.78, 5) is 27.7. The van der Waals surface area contributed by atoms with Crippen molar-refractivity contribution in [3.63, 3.8) is 0 Å². The monoisotopic (exact) mass is 307 g/mol. The zero-order chi connectivity index (χ0) is 14.7. The van der Waals surface area contributed by atoms with E-state index in [1.165, 1.54) is 24.8 Å². The van der Waals surface area contributed by atoms with Crippen LogP contribution in [0.15, 0.2) is 46.3 Å². The fraction of sp³-hybridized carbons (Fsp3) is 0.0714. The Morgan fingerprint density at radius 3 is 2.45 bits per heavy atom. The van der Waals surface area contributed by atoms with Crippen LogP contribution in [0.1, 0.15) is 27.8 Å². The molecule has 0 aliphatic heterocycles. The van der Waals surface area contributed by atoms with E-state index in [0.29, 0.717) is 5.69 Å². The molecule has 102 valence electrons. The minimum absolute atomic E-state index is 0.0602. The summed E-state index contributed by atoms with van der Waals surface area (Å²) >= 11 is 7.16. The SMILES string of the molecule is CC(=O)c1ccc(Sc2ccc(Cl)c(C(=O)O)c2)cn1. The molecule has 1 aromatic heterocycles. The normalized spacial score (nSPS) is 10.3. The molecule has 0 fully saturated rings. The molecule has 0 saturated carbocycles. The fourth-order valence-corrected chi connectivity index (χ4v) is 2.54. The lowest BCUT2D eigenvalue weighted by molar-refractivity contribution is 0.0696. The van der Waals surface area contributed by atoms with Crippen molar-refractivity contribution in [3.8, 4) is 0 Å². The van der Waals surface area contributed by atoms with Crippen molar-refractivity contribution < 1.29 is 14.7 Å². The Hall–Kier alpha value is -1.85. The van der Waals surface area contributed by atoms with Crippen LogP contribution < -0.4 is 0 Å². The van der Waals surface area contributed by atoms with Gasteiger partial charge < -0.3 is 5.11 Å². The summed E-state index contributed by atoms with van der Waals surface area (Å²) in [5.41, 5.74) is 0.460. The highest BCUT2D eigenvalue weighted by Gasteiger charge is 2.10. The van der Waals surface area contributed by atoms with E-state index in [0.717, 1.165) is 9.79 Å². The van der Waals surface area contributed by atoms with E-state index in [-0.39, 0.29) is 16.4 Å². The molecule has 0 aliphatic rings. The van der Waals surface area contributed by atoms with Crippen LogP contribution in [0.2, 0.25) is 5.02 Å². The number of rotatable bonds is 4. The van der Waals surface area contributed by atoms with E-state index in [2.05, 4.69) is 4.98 Å². The van der Waals surface area contributed by atoms with Crippen LogP contribution in [0.4, 0.5) is 0 Å². The highest BCUT2D eigenvalue weighted by molar-refractivity contribution is 7.99. The molecule has 0 saturated heterocycles. The van der Waals surface area contributed by atoms with Gasteiger partial charge in [0.05, 0.1) is 10.6 Å². The van der Waals surface area contributed by atoms with Crippen molar-refractivity contribution in [3.05, 3.63) is 52.8 Å². The van der Waals surface area contributed by atoms with E-state index in [1.54, 1.807) is 30.5 Å². The van der Waals surface area contributed by atoms with Gasteiger partial charge in [0.2, 0.25) is 0 Å². The molecule has 0 atom stereocenters. The zero-order valence-corrected chi connectivity index (χ0v) is 12.0. The number of hydrogen-bond donors (Lipinski definition) is 1. The molecule has 1 aromatic carbocycles. The Kier molecular flexibility index (Phi) is 4.42. The number of carbonyl (C=O) groups excluding carboxylic acids is 1. The van der Waals surface area contributed by atoms with Gasteiger partial charge in [-0.25, -0.2) is 4.79 Å². The van der Waals surface area contributed by atoms with Crippen LogP contribution in [0.5, 0.6) is 0 Å². The highest BCUT2D eigenvalue weighted by Crippen LogP contribution is 2.30. The van der Waals surface area contributed by atoms with E-state index in [9.17, 15) is 9.59 Å². The molecule has 2 aromatic rings. The molecule has 6 heteroatoms. The number of benzene rings is 1. The lowest BCUT2D eigenvalue weighted by Gasteiger charge is -2.04. The number of halogens is 1. The molecule has 1 heterocycles. The number of ketones is 1. The molecule has 0 unspecified atom stereocenters. The summed E-state index contributed by atoms with van der Waals surface area (Å²) in [5, 5.41) is 9.21. The van der Waals surface area contributed by atoms with Gasteiger partial charge in [0.1, 0.15) is 5.69 Å². The topological polar surface area (TPSA) is 67.3 Å². The maximum absolute atomic E-state index is 11.1. The van der Waals surface area contributed by atoms with Crippen molar-refractivity contribution in [2.24, 2.45) is 0 Å². The molecular formula is C14H10ClNO3S. The van der Waals surface area contributed by atoms with E-state index in [4.69, 9.17) is 16.7 Å². The predicted octanol–water partition coefficient (Wildman–Crippen LogP) is 3.79. The first kappa shape index (κ1) is 14.6. The van der Waals surface area contributed by atoms with E-state index < -0.39 is 5.97 Å². The summed E-state index contributed by atoms with van der Waals surface area (Å²) in [6, 6.07) is 8.19. The molecule has 2 rings (SSSR count). The second-order valence-corrected chi connectivity index (χ2v) is 5.54. The summed E-state index contributed by atoms with van der Waals surface area (Å²) in [5.74, 6) is -1.16. The number of Topliss-reactive ketones (excluding diaryl/α,β-unsaturated/α-hetero) is 1. The molecule has 0 radical (unpaired) electrons. The Morgan fingerprint density at radius 2 is 1.90 bits per heavy atom. The lowest BCUT2D eigenvalue weighted by atomic mass is 10.2. The Balaban J connectivity index is 2.23. The molecule has 4 nitrogen and oxygen atoms in total. The maximum Gasteiger partial charge on any atom is 0.337 e. The molecule has 0 spiro atoms. The molecule has 20 heavy (non-hydrogen) atoms. The number of carboxylic acid groups (broad SMARTS) is 1. The second-order valence-electron chi connectivity index (χ2n) is 3.98. The van der Waals surface area contributed by atoms with Gasteiger partial charge in [-0.3, -0.25) is 9.78 Å². The average Bonchev–Trinajstić information content (AvgIpc) is 2.41. The molecule has 1 N–H and O–H groups in total. The quantitative estimate of drug-likeness (QED) is 0.870. The third-order valence-electron chi connectivity index (χ3n) is 2.50. The molecule has 0 bridgehead atoms. The van der Waals surface area contributed by atoms with Crippen LogP contribution >= 0.6 is 23.4 Å². The number of carboxylic acids is 1. The van der Waals surface area contributed by atoms with Gasteiger partial charge in [0, 0.05) is 22.9 Å². The Morgan fingerprint density at radius 1 is 1.20 bits per heavy atom. The first-order chi connectivity index (χ1) is 9.47. The predicted molar refractivity (Wildman–Crippen MR) is 76.8 cm³/mol. The van der Waals surface area contributed by atoms with Crippen LogP contribution in [0, 0.1) is 0 Å². The first-order valence-corrected chi connectivity index (χ1v) is 6.84. The maximum atomic E-state index is 11.1. The standard InChI is InChI=1S/C14H10ClNO3S/c1-8(17)13-5-3-10(7-16-13)20-9-2-4-12(15)11(6-9)14(18)19/h2-7H,1H3,(H,18,19). The second kappa shape index (κ2) is 6.07. The summed E-state index contributed by atoms with van der Waals surface area (Å²) < 4.78 is 0. The van der Waals surface area contributed by atoms with Crippen molar-refractivity contribution >= 4 is 35.1 Å². The molecular weight excluding hydrogens is 298 g/mol. The molecule has 0 amide bonds. The Labute approximate surface area is 124 Å². The van der Waals surface area contributed by atoms with Crippen LogP contribution in [-0.2, 0) is 0 Å². The van der Waals surface area contributed by atoms with Crippen LogP contribution in [0.25, 0.3) is 0 Å². The van der Waals surface area contributed by atoms with Gasteiger partial charge in [-0.05, 0) is 30.3 Å². The zero-order valence-electron chi connectivity index (χ0n) is 10.5. The number of pyridine rings is 1. The fourth-order valence-electron chi connectivity index (χ4n) is 1.52. The van der Waals surface area contributed by atoms with Crippen molar-refractivity contribution in [1.82, 2.24) is 4.98 Å². The summed E-state index contributed by atoms with van der Waals surface area (Å²) in [6.07, 6.45) is 1.58. The number of nitrogens with zero attached hydrogens (tertiary/aromatic N) is 1. The Bertz CT molecular complexity index is 671. The largest absolute Gasteiger partial charge is 0.478 e. The van der Waals surface area contributed by atoms with Crippen molar-refractivity contribution in [1.29, 1.82) is 0 Å². The lowest BCUT2D eigenvalue weighted by Crippen LogP contribution is -1.97. The van der Waals surface area contributed by atoms with Crippen molar-refractivity contribution in [2.75, 3.05) is 0 Å². The minimum Gasteiger partial charge on any atom is -0.478 e. The summed E-state index contributed by atoms with van der Waals surface area (Å²) in [7, 11) is 0. The van der Waals surface area contributed by atoms with Gasteiger partial charge >= 0.3 is 5.97 Å².